The van der Waals surface area contributed by atoms with E-state index in [1.54, 1.807) is 0 Å². The lowest BCUT2D eigenvalue weighted by Gasteiger charge is -2.27. The van der Waals surface area contributed by atoms with E-state index >= 15 is 0 Å². The maximum atomic E-state index is 13.6. The summed E-state index contributed by atoms with van der Waals surface area (Å²) >= 11 is 0. The van der Waals surface area contributed by atoms with Crippen molar-refractivity contribution in [1.82, 2.24) is 5.32 Å². The molecule has 2 unspecified atom stereocenters. The minimum absolute atomic E-state index is 0.0549. The molecule has 0 amide bonds. The number of likely N-dealkylation sites (N-methyl/N-ethyl adjacent to an activating group) is 1. The van der Waals surface area contributed by atoms with Gasteiger partial charge >= 0.3 is 0 Å². The average Bonchev–Trinajstić information content (AvgIpc) is 2.22. The molecule has 1 aromatic carbocycles. The van der Waals surface area contributed by atoms with E-state index in [0.29, 0.717) is 11.5 Å². The topological polar surface area (TPSA) is 12.0 Å². The summed E-state index contributed by atoms with van der Waals surface area (Å²) < 4.78 is 26.7. The largest absolute Gasteiger partial charge is 0.316 e. The van der Waals surface area contributed by atoms with Gasteiger partial charge in [0, 0.05) is 6.04 Å². The third-order valence-electron chi connectivity index (χ3n) is 3.04. The zero-order chi connectivity index (χ0) is 12.3. The summed E-state index contributed by atoms with van der Waals surface area (Å²) in [6, 6.07) is 3.76. The van der Waals surface area contributed by atoms with Crippen LogP contribution in [0.4, 0.5) is 8.78 Å². The smallest absolute Gasteiger partial charge is 0.126 e. The molecule has 0 radical (unpaired) electrons. The van der Waals surface area contributed by atoms with Crippen molar-refractivity contribution < 1.29 is 8.78 Å². The van der Waals surface area contributed by atoms with E-state index in [-0.39, 0.29) is 23.6 Å². The predicted octanol–water partition coefficient (Wildman–Crippen LogP) is 3.31. The van der Waals surface area contributed by atoms with Crippen molar-refractivity contribution in [2.75, 3.05) is 7.05 Å². The van der Waals surface area contributed by atoms with Crippen LogP contribution in [0.1, 0.15) is 32.3 Å². The SMILES string of the molecule is CNC(C(C)C)C(C)c1cc(F)ccc1F. The Morgan fingerprint density at radius 1 is 1.12 bits per heavy atom. The number of halogens is 2. The molecule has 0 spiro atoms. The fraction of sp³-hybridized carbons (Fsp3) is 0.538. The summed E-state index contributed by atoms with van der Waals surface area (Å²) in [4.78, 5) is 0. The molecule has 0 heterocycles. The summed E-state index contributed by atoms with van der Waals surface area (Å²) in [5, 5.41) is 3.16. The van der Waals surface area contributed by atoms with Gasteiger partial charge in [-0.1, -0.05) is 20.8 Å². The second-order valence-corrected chi connectivity index (χ2v) is 4.51. The molecule has 1 aromatic rings. The van der Waals surface area contributed by atoms with Crippen LogP contribution in [0, 0.1) is 17.6 Å². The molecule has 1 nitrogen and oxygen atoms in total. The van der Waals surface area contributed by atoms with Gasteiger partial charge in [-0.3, -0.25) is 0 Å². The van der Waals surface area contributed by atoms with E-state index < -0.39 is 0 Å². The van der Waals surface area contributed by atoms with Crippen LogP contribution in [-0.4, -0.2) is 13.1 Å². The lowest BCUT2D eigenvalue weighted by atomic mass is 9.86. The monoisotopic (exact) mass is 227 g/mol. The van der Waals surface area contributed by atoms with Crippen LogP contribution in [0.15, 0.2) is 18.2 Å². The average molecular weight is 227 g/mol. The number of hydrogen-bond donors (Lipinski definition) is 1. The number of benzene rings is 1. The first-order valence-corrected chi connectivity index (χ1v) is 5.59. The Bertz CT molecular complexity index is 350. The highest BCUT2D eigenvalue weighted by atomic mass is 19.1. The van der Waals surface area contributed by atoms with Gasteiger partial charge in [-0.15, -0.1) is 0 Å². The molecule has 1 rings (SSSR count). The normalized spacial score (nSPS) is 15.2. The van der Waals surface area contributed by atoms with Crippen LogP contribution in [0.25, 0.3) is 0 Å². The minimum Gasteiger partial charge on any atom is -0.316 e. The second-order valence-electron chi connectivity index (χ2n) is 4.51. The van der Waals surface area contributed by atoms with Crippen LogP contribution in [0.5, 0.6) is 0 Å². The first-order valence-electron chi connectivity index (χ1n) is 5.59. The summed E-state index contributed by atoms with van der Waals surface area (Å²) in [7, 11) is 1.85. The Morgan fingerprint density at radius 3 is 2.25 bits per heavy atom. The van der Waals surface area contributed by atoms with Crippen LogP contribution < -0.4 is 5.32 Å². The first kappa shape index (κ1) is 13.1. The number of rotatable bonds is 4. The fourth-order valence-electron chi connectivity index (χ4n) is 2.22. The third kappa shape index (κ3) is 2.79. The van der Waals surface area contributed by atoms with Gasteiger partial charge in [0.05, 0.1) is 0 Å². The molecular formula is C13H19F2N. The van der Waals surface area contributed by atoms with E-state index in [0.717, 1.165) is 6.07 Å². The summed E-state index contributed by atoms with van der Waals surface area (Å²) in [5.74, 6) is -0.417. The van der Waals surface area contributed by atoms with Crippen LogP contribution in [-0.2, 0) is 0 Å². The third-order valence-corrected chi connectivity index (χ3v) is 3.04. The highest BCUT2D eigenvalue weighted by molar-refractivity contribution is 5.24. The van der Waals surface area contributed by atoms with E-state index in [1.807, 2.05) is 14.0 Å². The zero-order valence-corrected chi connectivity index (χ0v) is 10.2. The summed E-state index contributed by atoms with van der Waals surface area (Å²) in [6.45, 7) is 6.04. The molecule has 0 bridgehead atoms. The maximum absolute atomic E-state index is 13.6. The van der Waals surface area contributed by atoms with Crippen LogP contribution in [0.3, 0.4) is 0 Å². The lowest BCUT2D eigenvalue weighted by molar-refractivity contribution is 0.368. The van der Waals surface area contributed by atoms with Crippen LogP contribution in [0.2, 0.25) is 0 Å². The highest BCUT2D eigenvalue weighted by Gasteiger charge is 2.23. The predicted molar refractivity (Wildman–Crippen MR) is 62.5 cm³/mol. The van der Waals surface area contributed by atoms with E-state index in [1.165, 1.54) is 12.1 Å². The molecule has 0 fully saturated rings. The Kier molecular flexibility index (Phi) is 4.42. The minimum atomic E-state index is -0.387. The molecule has 0 aliphatic rings. The van der Waals surface area contributed by atoms with E-state index in [2.05, 4.69) is 19.2 Å². The van der Waals surface area contributed by atoms with Gasteiger partial charge in [0.15, 0.2) is 0 Å². The maximum Gasteiger partial charge on any atom is 0.126 e. The Hall–Kier alpha value is -0.960. The highest BCUT2D eigenvalue weighted by Crippen LogP contribution is 2.26. The first-order chi connectivity index (χ1) is 7.47. The molecule has 2 atom stereocenters. The van der Waals surface area contributed by atoms with E-state index in [4.69, 9.17) is 0 Å². The molecule has 90 valence electrons. The second kappa shape index (κ2) is 5.39. The Labute approximate surface area is 95.9 Å². The van der Waals surface area contributed by atoms with Gasteiger partial charge in [0.2, 0.25) is 0 Å². The van der Waals surface area contributed by atoms with Gasteiger partial charge < -0.3 is 5.32 Å². The van der Waals surface area contributed by atoms with Gasteiger partial charge in [0.25, 0.3) is 0 Å². The van der Waals surface area contributed by atoms with Crippen molar-refractivity contribution in [2.45, 2.75) is 32.7 Å². The van der Waals surface area contributed by atoms with Gasteiger partial charge in [-0.25, -0.2) is 8.78 Å². The van der Waals surface area contributed by atoms with Gasteiger partial charge in [-0.05, 0) is 42.6 Å². The molecule has 0 saturated carbocycles. The van der Waals surface area contributed by atoms with Gasteiger partial charge in [-0.2, -0.15) is 0 Å². The van der Waals surface area contributed by atoms with Crippen molar-refractivity contribution in [1.29, 1.82) is 0 Å². The number of nitrogens with one attached hydrogen (secondary N) is 1. The summed E-state index contributed by atoms with van der Waals surface area (Å²) in [5.41, 5.74) is 0.438. The standard InChI is InChI=1S/C13H19F2N/c1-8(2)13(16-4)9(3)11-7-10(14)5-6-12(11)15/h5-9,13,16H,1-4H3. The molecule has 0 saturated heterocycles. The van der Waals surface area contributed by atoms with Crippen molar-refractivity contribution in [2.24, 2.45) is 5.92 Å². The van der Waals surface area contributed by atoms with E-state index in [9.17, 15) is 8.78 Å². The molecule has 0 aromatic heterocycles. The van der Waals surface area contributed by atoms with Crippen molar-refractivity contribution in [3.8, 4) is 0 Å². The molecule has 0 aliphatic carbocycles. The molecule has 16 heavy (non-hydrogen) atoms. The summed E-state index contributed by atoms with van der Waals surface area (Å²) in [6.07, 6.45) is 0. The number of hydrogen-bond acceptors (Lipinski definition) is 1. The molecular weight excluding hydrogens is 208 g/mol. The van der Waals surface area contributed by atoms with Gasteiger partial charge in [0.1, 0.15) is 11.6 Å². The van der Waals surface area contributed by atoms with Crippen LogP contribution >= 0.6 is 0 Å². The quantitative estimate of drug-likeness (QED) is 0.832. The molecule has 0 aliphatic heterocycles. The Morgan fingerprint density at radius 2 is 1.75 bits per heavy atom. The van der Waals surface area contributed by atoms with Crippen molar-refractivity contribution in [3.63, 3.8) is 0 Å². The lowest BCUT2D eigenvalue weighted by Crippen LogP contribution is -2.35. The fourth-order valence-corrected chi connectivity index (χ4v) is 2.22. The van der Waals surface area contributed by atoms with Crippen molar-refractivity contribution in [3.05, 3.63) is 35.4 Å². The molecule has 1 N–H and O–H groups in total. The van der Waals surface area contributed by atoms with Crippen molar-refractivity contribution >= 4 is 0 Å². The Balaban J connectivity index is 3.02. The zero-order valence-electron chi connectivity index (χ0n) is 10.2. The molecule has 3 heteroatoms.